The molecular weight excluding hydrogens is 252 g/mol. The monoisotopic (exact) mass is 266 g/mol. The summed E-state index contributed by atoms with van der Waals surface area (Å²) in [6.07, 6.45) is 1.31. The molecule has 8 heteroatoms. The van der Waals surface area contributed by atoms with Crippen molar-refractivity contribution in [3.05, 3.63) is 24.0 Å². The highest BCUT2D eigenvalue weighted by Crippen LogP contribution is 2.12. The smallest absolute Gasteiger partial charge is 0.356 e. The maximum Gasteiger partial charge on any atom is 0.356 e. The molecule has 1 heterocycles. The summed E-state index contributed by atoms with van der Waals surface area (Å²) in [5, 5.41) is 13.7. The van der Waals surface area contributed by atoms with Gasteiger partial charge in [0.1, 0.15) is 6.54 Å². The highest BCUT2D eigenvalue weighted by atomic mass is 16.4. The van der Waals surface area contributed by atoms with Crippen LogP contribution in [0, 0.1) is 0 Å². The van der Waals surface area contributed by atoms with Gasteiger partial charge in [-0.15, -0.1) is 0 Å². The Morgan fingerprint density at radius 3 is 2.68 bits per heavy atom. The van der Waals surface area contributed by atoms with Crippen molar-refractivity contribution in [2.24, 2.45) is 0 Å². The predicted molar refractivity (Wildman–Crippen MR) is 66.9 cm³/mol. The zero-order valence-electron chi connectivity index (χ0n) is 10.5. The Balaban J connectivity index is 2.77. The molecule has 0 saturated carbocycles. The lowest BCUT2D eigenvalue weighted by Crippen LogP contribution is -2.39. The second kappa shape index (κ2) is 6.34. The molecule has 0 fully saturated rings. The minimum atomic E-state index is -1.25. The number of nitrogens with one attached hydrogen (secondary N) is 2. The maximum absolute atomic E-state index is 11.8. The van der Waals surface area contributed by atoms with Gasteiger partial charge in [0.15, 0.2) is 5.69 Å². The molecule has 1 aromatic rings. The van der Waals surface area contributed by atoms with Gasteiger partial charge in [-0.3, -0.25) is 4.79 Å². The number of aromatic carboxylic acids is 1. The summed E-state index contributed by atoms with van der Waals surface area (Å²) in [5.74, 6) is -1.58. The van der Waals surface area contributed by atoms with Gasteiger partial charge < -0.3 is 20.6 Å². The summed E-state index contributed by atoms with van der Waals surface area (Å²) in [4.78, 5) is 38.6. The van der Waals surface area contributed by atoms with Gasteiger partial charge in [0.25, 0.3) is 0 Å². The number of nitrogens with zero attached hydrogens (tertiary/aromatic N) is 2. The van der Waals surface area contributed by atoms with E-state index in [2.05, 4.69) is 15.6 Å². The Bertz CT molecular complexity index is 503. The molecule has 0 aliphatic rings. The van der Waals surface area contributed by atoms with Crippen molar-refractivity contribution in [3.8, 4) is 0 Å². The van der Waals surface area contributed by atoms with Crippen LogP contribution in [0.4, 0.5) is 10.5 Å². The van der Waals surface area contributed by atoms with E-state index >= 15 is 0 Å². The van der Waals surface area contributed by atoms with Crippen molar-refractivity contribution >= 4 is 23.6 Å². The Morgan fingerprint density at radius 1 is 1.42 bits per heavy atom. The molecule has 0 saturated heterocycles. The van der Waals surface area contributed by atoms with Crippen LogP contribution in [-0.4, -0.2) is 53.5 Å². The topological polar surface area (TPSA) is 112 Å². The molecule has 0 radical (unpaired) electrons. The maximum atomic E-state index is 11.8. The van der Waals surface area contributed by atoms with Gasteiger partial charge in [0, 0.05) is 20.3 Å². The number of carboxylic acid groups (broad SMARTS) is 1. The standard InChI is InChI=1S/C11H14N4O4/c1-12-8(16)6-15(2)11(19)14-7-4-3-5-13-9(7)10(17)18/h3-5H,6H2,1-2H3,(H,12,16)(H,14,19)(H,17,18). The number of rotatable bonds is 4. The van der Waals surface area contributed by atoms with E-state index in [0.29, 0.717) is 0 Å². The molecule has 8 nitrogen and oxygen atoms in total. The van der Waals surface area contributed by atoms with Gasteiger partial charge in [0.2, 0.25) is 5.91 Å². The molecule has 0 aromatic carbocycles. The number of hydrogen-bond donors (Lipinski definition) is 3. The lowest BCUT2D eigenvalue weighted by Gasteiger charge is -2.17. The van der Waals surface area contributed by atoms with Gasteiger partial charge in [-0.1, -0.05) is 0 Å². The number of hydrogen-bond acceptors (Lipinski definition) is 4. The number of carboxylic acids is 1. The summed E-state index contributed by atoms with van der Waals surface area (Å²) in [7, 11) is 2.87. The van der Waals surface area contributed by atoms with Crippen molar-refractivity contribution in [2.75, 3.05) is 26.0 Å². The number of aromatic nitrogens is 1. The Kier molecular flexibility index (Phi) is 4.81. The molecule has 0 aliphatic heterocycles. The molecule has 0 unspecified atom stereocenters. The lowest BCUT2D eigenvalue weighted by atomic mass is 10.3. The van der Waals surface area contributed by atoms with Crippen LogP contribution in [0.25, 0.3) is 0 Å². The minimum absolute atomic E-state index is 0.0729. The quantitative estimate of drug-likeness (QED) is 0.709. The number of urea groups is 1. The molecule has 0 spiro atoms. The van der Waals surface area contributed by atoms with Crippen LogP contribution in [0.15, 0.2) is 18.3 Å². The minimum Gasteiger partial charge on any atom is -0.476 e. The summed E-state index contributed by atoms with van der Waals surface area (Å²) < 4.78 is 0. The van der Waals surface area contributed by atoms with Crippen LogP contribution in [-0.2, 0) is 4.79 Å². The molecule has 3 N–H and O–H groups in total. The first kappa shape index (κ1) is 14.4. The van der Waals surface area contributed by atoms with Crippen molar-refractivity contribution in [1.82, 2.24) is 15.2 Å². The Morgan fingerprint density at radius 2 is 2.11 bits per heavy atom. The second-order valence-corrected chi connectivity index (χ2v) is 3.66. The van der Waals surface area contributed by atoms with Crippen molar-refractivity contribution in [3.63, 3.8) is 0 Å². The summed E-state index contributed by atoms with van der Waals surface area (Å²) in [6.45, 7) is -0.134. The van der Waals surface area contributed by atoms with Gasteiger partial charge in [0.05, 0.1) is 5.69 Å². The van der Waals surface area contributed by atoms with Gasteiger partial charge in [-0.05, 0) is 12.1 Å². The molecule has 0 bridgehead atoms. The Labute approximate surface area is 109 Å². The van der Waals surface area contributed by atoms with E-state index in [1.54, 1.807) is 0 Å². The predicted octanol–water partition coefficient (Wildman–Crippen LogP) is -0.0105. The number of pyridine rings is 1. The molecular formula is C11H14N4O4. The average molecular weight is 266 g/mol. The number of amides is 3. The van der Waals surface area contributed by atoms with E-state index in [-0.39, 0.29) is 23.8 Å². The van der Waals surface area contributed by atoms with Gasteiger partial charge in [-0.2, -0.15) is 0 Å². The summed E-state index contributed by atoms with van der Waals surface area (Å²) in [6, 6.07) is 2.32. The summed E-state index contributed by atoms with van der Waals surface area (Å²) >= 11 is 0. The van der Waals surface area contributed by atoms with Crippen molar-refractivity contribution < 1.29 is 19.5 Å². The van der Waals surface area contributed by atoms with Crippen molar-refractivity contribution in [2.45, 2.75) is 0 Å². The largest absolute Gasteiger partial charge is 0.476 e. The second-order valence-electron chi connectivity index (χ2n) is 3.66. The van der Waals surface area contributed by atoms with Crippen molar-refractivity contribution in [1.29, 1.82) is 0 Å². The molecule has 1 rings (SSSR count). The third-order valence-electron chi connectivity index (χ3n) is 2.26. The van der Waals surface area contributed by atoms with Crippen LogP contribution in [0.5, 0.6) is 0 Å². The third kappa shape index (κ3) is 3.95. The van der Waals surface area contributed by atoms with Crippen LogP contribution >= 0.6 is 0 Å². The molecule has 1 aromatic heterocycles. The first-order chi connectivity index (χ1) is 8.95. The van der Waals surface area contributed by atoms with E-state index < -0.39 is 12.0 Å². The molecule has 102 valence electrons. The van der Waals surface area contributed by atoms with E-state index in [1.165, 1.54) is 32.4 Å². The summed E-state index contributed by atoms with van der Waals surface area (Å²) in [5.41, 5.74) is -0.187. The first-order valence-electron chi connectivity index (χ1n) is 5.36. The fourth-order valence-corrected chi connectivity index (χ4v) is 1.25. The number of likely N-dealkylation sites (N-methyl/N-ethyl adjacent to an activating group) is 2. The van der Waals surface area contributed by atoms with Crippen LogP contribution in [0.3, 0.4) is 0 Å². The third-order valence-corrected chi connectivity index (χ3v) is 2.26. The Hall–Kier alpha value is -2.64. The van der Waals surface area contributed by atoms with Crippen LogP contribution in [0.2, 0.25) is 0 Å². The number of carbonyl (C=O) groups excluding carboxylic acids is 2. The van der Waals surface area contributed by atoms with Crippen LogP contribution in [0.1, 0.15) is 10.5 Å². The molecule has 3 amide bonds. The highest BCUT2D eigenvalue weighted by Gasteiger charge is 2.16. The van der Waals surface area contributed by atoms with Gasteiger partial charge in [-0.25, -0.2) is 14.6 Å². The molecule has 0 atom stereocenters. The molecule has 0 aliphatic carbocycles. The average Bonchev–Trinajstić information content (AvgIpc) is 2.38. The zero-order chi connectivity index (χ0) is 14.4. The van der Waals surface area contributed by atoms with E-state index in [1.807, 2.05) is 0 Å². The normalized spacial score (nSPS) is 9.58. The zero-order valence-corrected chi connectivity index (χ0v) is 10.5. The highest BCUT2D eigenvalue weighted by molar-refractivity contribution is 5.99. The van der Waals surface area contributed by atoms with E-state index in [0.717, 1.165) is 4.90 Å². The fourth-order valence-electron chi connectivity index (χ4n) is 1.25. The first-order valence-corrected chi connectivity index (χ1v) is 5.36. The van der Waals surface area contributed by atoms with Gasteiger partial charge >= 0.3 is 12.0 Å². The lowest BCUT2D eigenvalue weighted by molar-refractivity contribution is -0.120. The SMILES string of the molecule is CNC(=O)CN(C)C(=O)Nc1cccnc1C(=O)O. The number of carbonyl (C=O) groups is 3. The molecule has 19 heavy (non-hydrogen) atoms. The van der Waals surface area contributed by atoms with E-state index in [9.17, 15) is 14.4 Å². The van der Waals surface area contributed by atoms with E-state index in [4.69, 9.17) is 5.11 Å². The van der Waals surface area contributed by atoms with Crippen LogP contribution < -0.4 is 10.6 Å². The fraction of sp³-hybridized carbons (Fsp3) is 0.273. The number of anilines is 1.